The van der Waals surface area contributed by atoms with Gasteiger partial charge in [0, 0.05) is 43.1 Å². The highest BCUT2D eigenvalue weighted by Crippen LogP contribution is 2.46. The molecule has 6 heteroatoms. The van der Waals surface area contributed by atoms with E-state index in [4.69, 9.17) is 9.47 Å². The first-order chi connectivity index (χ1) is 12.7. The quantitative estimate of drug-likeness (QED) is 0.834. The van der Waals surface area contributed by atoms with Crippen LogP contribution in [-0.4, -0.2) is 45.5 Å². The summed E-state index contributed by atoms with van der Waals surface area (Å²) in [5.74, 6) is 1.76. The van der Waals surface area contributed by atoms with Gasteiger partial charge in [-0.1, -0.05) is 12.1 Å². The topological polar surface area (TPSA) is 51.7 Å². The number of rotatable bonds is 3. The summed E-state index contributed by atoms with van der Waals surface area (Å²) < 4.78 is 11.6. The number of thioether (sulfide) groups is 1. The van der Waals surface area contributed by atoms with Gasteiger partial charge < -0.3 is 14.4 Å². The standard InChI is InChI=1S/C20H20N2O3S/c23-19(14-4-5-15-9-24-10-16(15)7-14)22-12-20(13-22)8-17(11-26-20)25-18-3-1-2-6-21-18/h1-7,17H,8-13H2/t17-/m1/s1. The van der Waals surface area contributed by atoms with Crippen molar-refractivity contribution in [3.8, 4) is 5.88 Å². The Kier molecular flexibility index (Phi) is 3.90. The second-order valence-corrected chi connectivity index (χ2v) is 8.73. The van der Waals surface area contributed by atoms with Crippen LogP contribution in [0.1, 0.15) is 27.9 Å². The molecule has 1 atom stereocenters. The van der Waals surface area contributed by atoms with Gasteiger partial charge in [0.05, 0.1) is 18.0 Å². The highest BCUT2D eigenvalue weighted by Gasteiger charge is 2.51. The van der Waals surface area contributed by atoms with Crippen molar-refractivity contribution in [2.24, 2.45) is 0 Å². The molecule has 2 saturated heterocycles. The zero-order chi connectivity index (χ0) is 17.6. The predicted molar refractivity (Wildman–Crippen MR) is 99.3 cm³/mol. The van der Waals surface area contributed by atoms with Crippen molar-refractivity contribution in [2.75, 3.05) is 18.8 Å². The van der Waals surface area contributed by atoms with Crippen molar-refractivity contribution in [3.05, 3.63) is 59.3 Å². The van der Waals surface area contributed by atoms with E-state index in [1.807, 2.05) is 53.1 Å². The van der Waals surface area contributed by atoms with Crippen LogP contribution in [0.15, 0.2) is 42.6 Å². The molecule has 0 N–H and O–H groups in total. The maximum Gasteiger partial charge on any atom is 0.253 e. The van der Waals surface area contributed by atoms with Crippen LogP contribution in [0.3, 0.4) is 0 Å². The molecule has 1 aromatic carbocycles. The summed E-state index contributed by atoms with van der Waals surface area (Å²) in [6, 6.07) is 11.7. The number of carbonyl (C=O) groups excluding carboxylic acids is 1. The minimum absolute atomic E-state index is 0.125. The van der Waals surface area contributed by atoms with Gasteiger partial charge in [-0.05, 0) is 29.3 Å². The first-order valence-corrected chi connectivity index (χ1v) is 9.90. The maximum atomic E-state index is 12.8. The summed E-state index contributed by atoms with van der Waals surface area (Å²) in [7, 11) is 0. The number of aromatic nitrogens is 1. The molecule has 0 radical (unpaired) electrons. The minimum atomic E-state index is 0.125. The number of pyridine rings is 1. The van der Waals surface area contributed by atoms with Crippen LogP contribution in [0.4, 0.5) is 0 Å². The van der Waals surface area contributed by atoms with Gasteiger partial charge in [0.1, 0.15) is 6.10 Å². The average Bonchev–Trinajstić information content (AvgIpc) is 3.27. The summed E-state index contributed by atoms with van der Waals surface area (Å²) in [6.07, 6.45) is 2.89. The molecular weight excluding hydrogens is 348 g/mol. The lowest BCUT2D eigenvalue weighted by atomic mass is 9.92. The Morgan fingerprint density at radius 3 is 2.96 bits per heavy atom. The van der Waals surface area contributed by atoms with Crippen LogP contribution in [0, 0.1) is 0 Å². The summed E-state index contributed by atoms with van der Waals surface area (Å²) in [6.45, 7) is 2.87. The molecule has 1 aromatic heterocycles. The molecule has 0 aliphatic carbocycles. The third-order valence-electron chi connectivity index (χ3n) is 5.31. The number of likely N-dealkylation sites (tertiary alicyclic amines) is 1. The van der Waals surface area contributed by atoms with Crippen LogP contribution in [0.25, 0.3) is 0 Å². The number of ether oxygens (including phenoxy) is 2. The molecule has 4 heterocycles. The van der Waals surface area contributed by atoms with E-state index in [1.54, 1.807) is 6.20 Å². The van der Waals surface area contributed by atoms with E-state index in [1.165, 1.54) is 5.56 Å². The molecule has 1 amide bonds. The average molecular weight is 368 g/mol. The van der Waals surface area contributed by atoms with Crippen LogP contribution in [0.2, 0.25) is 0 Å². The zero-order valence-electron chi connectivity index (χ0n) is 14.4. The Morgan fingerprint density at radius 1 is 1.23 bits per heavy atom. The molecule has 3 aliphatic heterocycles. The minimum Gasteiger partial charge on any atom is -0.473 e. The molecule has 0 bridgehead atoms. The van der Waals surface area contributed by atoms with E-state index in [9.17, 15) is 4.79 Å². The van der Waals surface area contributed by atoms with Gasteiger partial charge >= 0.3 is 0 Å². The summed E-state index contributed by atoms with van der Waals surface area (Å²) in [4.78, 5) is 19.0. The number of amides is 1. The van der Waals surface area contributed by atoms with Crippen molar-refractivity contribution >= 4 is 17.7 Å². The number of carbonyl (C=O) groups is 1. The first-order valence-electron chi connectivity index (χ1n) is 8.91. The van der Waals surface area contributed by atoms with Gasteiger partial charge in [-0.15, -0.1) is 11.8 Å². The molecule has 26 heavy (non-hydrogen) atoms. The van der Waals surface area contributed by atoms with Gasteiger partial charge in [-0.2, -0.15) is 0 Å². The third-order valence-corrected chi connectivity index (χ3v) is 6.89. The molecule has 1 spiro atoms. The molecular formula is C20H20N2O3S. The van der Waals surface area contributed by atoms with E-state index in [0.717, 1.165) is 36.4 Å². The van der Waals surface area contributed by atoms with Gasteiger partial charge in [0.2, 0.25) is 5.88 Å². The van der Waals surface area contributed by atoms with Gasteiger partial charge in [-0.25, -0.2) is 4.98 Å². The van der Waals surface area contributed by atoms with Crippen molar-refractivity contribution in [2.45, 2.75) is 30.5 Å². The maximum absolute atomic E-state index is 12.8. The molecule has 0 unspecified atom stereocenters. The molecule has 5 rings (SSSR count). The van der Waals surface area contributed by atoms with Crippen molar-refractivity contribution in [3.63, 3.8) is 0 Å². The third kappa shape index (κ3) is 2.87. The summed E-state index contributed by atoms with van der Waals surface area (Å²) >= 11 is 1.93. The normalized spacial score (nSPS) is 22.9. The highest BCUT2D eigenvalue weighted by atomic mass is 32.2. The lowest BCUT2D eigenvalue weighted by Gasteiger charge is -2.47. The molecule has 5 nitrogen and oxygen atoms in total. The Bertz CT molecular complexity index is 836. The predicted octanol–water partition coefficient (Wildman–Crippen LogP) is 2.89. The smallest absolute Gasteiger partial charge is 0.253 e. The fourth-order valence-electron chi connectivity index (χ4n) is 3.97. The SMILES string of the molecule is O=C(c1ccc2c(c1)COC2)N1CC2(C[C@@H](Oc3ccccn3)CS2)C1. The van der Waals surface area contributed by atoms with E-state index in [-0.39, 0.29) is 16.8 Å². The fraction of sp³-hybridized carbons (Fsp3) is 0.400. The fourth-order valence-corrected chi connectivity index (χ4v) is 5.49. The number of fused-ring (bicyclic) bond motifs is 1. The Hall–Kier alpha value is -2.05. The van der Waals surface area contributed by atoms with Gasteiger partial charge in [0.15, 0.2) is 0 Å². The van der Waals surface area contributed by atoms with Crippen molar-refractivity contribution in [1.29, 1.82) is 0 Å². The number of hydrogen-bond donors (Lipinski definition) is 0. The molecule has 2 aromatic rings. The lowest BCUT2D eigenvalue weighted by Crippen LogP contribution is -2.60. The lowest BCUT2D eigenvalue weighted by molar-refractivity contribution is 0.0516. The van der Waals surface area contributed by atoms with Crippen LogP contribution in [-0.2, 0) is 18.0 Å². The van der Waals surface area contributed by atoms with Crippen molar-refractivity contribution in [1.82, 2.24) is 9.88 Å². The van der Waals surface area contributed by atoms with E-state index < -0.39 is 0 Å². The number of hydrogen-bond acceptors (Lipinski definition) is 5. The molecule has 2 fully saturated rings. The highest BCUT2D eigenvalue weighted by molar-refractivity contribution is 8.01. The Balaban J connectivity index is 1.20. The molecule has 134 valence electrons. The van der Waals surface area contributed by atoms with Gasteiger partial charge in [-0.3, -0.25) is 4.79 Å². The van der Waals surface area contributed by atoms with Crippen LogP contribution in [0.5, 0.6) is 5.88 Å². The van der Waals surface area contributed by atoms with E-state index in [2.05, 4.69) is 4.98 Å². The zero-order valence-corrected chi connectivity index (χ0v) is 15.2. The summed E-state index contributed by atoms with van der Waals surface area (Å²) in [5.41, 5.74) is 3.11. The molecule has 3 aliphatic rings. The largest absolute Gasteiger partial charge is 0.473 e. The monoisotopic (exact) mass is 368 g/mol. The number of nitrogens with zero attached hydrogens (tertiary/aromatic N) is 2. The Morgan fingerprint density at radius 2 is 2.12 bits per heavy atom. The van der Waals surface area contributed by atoms with E-state index in [0.29, 0.717) is 19.1 Å². The number of benzene rings is 1. The second-order valence-electron chi connectivity index (χ2n) is 7.24. The van der Waals surface area contributed by atoms with E-state index >= 15 is 0 Å². The summed E-state index contributed by atoms with van der Waals surface area (Å²) in [5, 5.41) is 0. The van der Waals surface area contributed by atoms with Crippen LogP contribution >= 0.6 is 11.8 Å². The van der Waals surface area contributed by atoms with Gasteiger partial charge in [0.25, 0.3) is 5.91 Å². The first kappa shape index (κ1) is 16.1. The Labute approximate surface area is 156 Å². The van der Waals surface area contributed by atoms with Crippen molar-refractivity contribution < 1.29 is 14.3 Å². The van der Waals surface area contributed by atoms with Crippen LogP contribution < -0.4 is 4.74 Å². The molecule has 0 saturated carbocycles. The second kappa shape index (κ2) is 6.28.